The summed E-state index contributed by atoms with van der Waals surface area (Å²) in [5.41, 5.74) is 1.01. The number of rotatable bonds is 4. The standard InChI is InChI=1S/C15H22N2O2/c1-16-13-7-9-14(10-8-13)17-15(18)19-11-12-5-3-2-4-6-12/h2-6,13-14,16H,7-11H2,1H3,(H,17,18)/t13-,14+. The van der Waals surface area contributed by atoms with Gasteiger partial charge in [-0.25, -0.2) is 4.79 Å². The molecule has 0 aromatic heterocycles. The fraction of sp³-hybridized carbons (Fsp3) is 0.533. The van der Waals surface area contributed by atoms with Crippen LogP contribution in [0.1, 0.15) is 31.2 Å². The summed E-state index contributed by atoms with van der Waals surface area (Å²) in [4.78, 5) is 11.7. The lowest BCUT2D eigenvalue weighted by Gasteiger charge is -2.28. The summed E-state index contributed by atoms with van der Waals surface area (Å²) in [5.74, 6) is 0. The van der Waals surface area contributed by atoms with Crippen LogP contribution in [0.25, 0.3) is 0 Å². The summed E-state index contributed by atoms with van der Waals surface area (Å²) in [6, 6.07) is 10.6. The average molecular weight is 262 g/mol. The molecule has 1 aliphatic carbocycles. The molecule has 0 spiro atoms. The maximum absolute atomic E-state index is 11.7. The molecule has 2 N–H and O–H groups in total. The number of ether oxygens (including phenoxy) is 1. The van der Waals surface area contributed by atoms with Crippen molar-refractivity contribution in [1.82, 2.24) is 10.6 Å². The predicted molar refractivity (Wildman–Crippen MR) is 74.9 cm³/mol. The van der Waals surface area contributed by atoms with Gasteiger partial charge in [-0.3, -0.25) is 0 Å². The van der Waals surface area contributed by atoms with Crippen molar-refractivity contribution in [2.75, 3.05) is 7.05 Å². The topological polar surface area (TPSA) is 50.4 Å². The van der Waals surface area contributed by atoms with Crippen molar-refractivity contribution in [3.05, 3.63) is 35.9 Å². The van der Waals surface area contributed by atoms with Gasteiger partial charge in [0.05, 0.1) is 0 Å². The maximum Gasteiger partial charge on any atom is 0.407 e. The zero-order valence-corrected chi connectivity index (χ0v) is 11.4. The van der Waals surface area contributed by atoms with E-state index in [9.17, 15) is 4.79 Å². The van der Waals surface area contributed by atoms with Crippen LogP contribution >= 0.6 is 0 Å². The largest absolute Gasteiger partial charge is 0.445 e. The van der Waals surface area contributed by atoms with Crippen LogP contribution in [-0.2, 0) is 11.3 Å². The third kappa shape index (κ3) is 4.56. The second kappa shape index (κ2) is 7.14. The molecule has 0 atom stereocenters. The first-order chi connectivity index (χ1) is 9.28. The van der Waals surface area contributed by atoms with Crippen LogP contribution < -0.4 is 10.6 Å². The van der Waals surface area contributed by atoms with Gasteiger partial charge in [0.15, 0.2) is 0 Å². The Morgan fingerprint density at radius 1 is 1.16 bits per heavy atom. The van der Waals surface area contributed by atoms with Crippen LogP contribution in [0.4, 0.5) is 4.79 Å². The van der Waals surface area contributed by atoms with Gasteiger partial charge in [-0.15, -0.1) is 0 Å². The third-order valence-electron chi connectivity index (χ3n) is 3.67. The Morgan fingerprint density at radius 3 is 2.42 bits per heavy atom. The lowest BCUT2D eigenvalue weighted by Crippen LogP contribution is -2.41. The lowest BCUT2D eigenvalue weighted by atomic mass is 9.91. The minimum Gasteiger partial charge on any atom is -0.445 e. The molecule has 4 heteroatoms. The molecule has 104 valence electrons. The van der Waals surface area contributed by atoms with Gasteiger partial charge in [0.25, 0.3) is 0 Å². The first kappa shape index (κ1) is 13.9. The van der Waals surface area contributed by atoms with E-state index in [-0.39, 0.29) is 12.1 Å². The smallest absolute Gasteiger partial charge is 0.407 e. The van der Waals surface area contributed by atoms with Crippen molar-refractivity contribution in [2.24, 2.45) is 0 Å². The minimum atomic E-state index is -0.309. The van der Waals surface area contributed by atoms with Crippen molar-refractivity contribution < 1.29 is 9.53 Å². The van der Waals surface area contributed by atoms with Crippen LogP contribution in [-0.4, -0.2) is 25.2 Å². The van der Waals surface area contributed by atoms with Crippen molar-refractivity contribution in [3.8, 4) is 0 Å². The molecule has 1 amide bonds. The molecule has 1 aromatic carbocycles. The van der Waals surface area contributed by atoms with E-state index in [1.807, 2.05) is 37.4 Å². The highest BCUT2D eigenvalue weighted by Gasteiger charge is 2.21. The van der Waals surface area contributed by atoms with Gasteiger partial charge in [0.2, 0.25) is 0 Å². The lowest BCUT2D eigenvalue weighted by molar-refractivity contribution is 0.132. The van der Waals surface area contributed by atoms with Gasteiger partial charge in [-0.05, 0) is 38.3 Å². The number of hydrogen-bond acceptors (Lipinski definition) is 3. The van der Waals surface area contributed by atoms with Gasteiger partial charge < -0.3 is 15.4 Å². The molecule has 19 heavy (non-hydrogen) atoms. The summed E-state index contributed by atoms with van der Waals surface area (Å²) < 4.78 is 5.22. The molecule has 1 saturated carbocycles. The highest BCUT2D eigenvalue weighted by molar-refractivity contribution is 5.67. The summed E-state index contributed by atoms with van der Waals surface area (Å²) in [7, 11) is 1.99. The summed E-state index contributed by atoms with van der Waals surface area (Å²) in [6.45, 7) is 0.332. The van der Waals surface area contributed by atoms with Crippen molar-refractivity contribution in [1.29, 1.82) is 0 Å². The quantitative estimate of drug-likeness (QED) is 0.876. The first-order valence-corrected chi connectivity index (χ1v) is 6.92. The molecular weight excluding hydrogens is 240 g/mol. The number of hydrogen-bond donors (Lipinski definition) is 2. The van der Waals surface area contributed by atoms with Gasteiger partial charge >= 0.3 is 6.09 Å². The number of benzene rings is 1. The average Bonchev–Trinajstić information content (AvgIpc) is 2.47. The van der Waals surface area contributed by atoms with E-state index < -0.39 is 0 Å². The molecule has 0 aliphatic heterocycles. The zero-order chi connectivity index (χ0) is 13.5. The summed E-state index contributed by atoms with van der Waals surface area (Å²) in [6.07, 6.45) is 3.95. The van der Waals surface area contributed by atoms with Crippen LogP contribution in [0, 0.1) is 0 Å². The van der Waals surface area contributed by atoms with Crippen LogP contribution in [0.3, 0.4) is 0 Å². The predicted octanol–water partition coefficient (Wildman–Crippen LogP) is 2.44. The number of amides is 1. The van der Waals surface area contributed by atoms with E-state index in [2.05, 4.69) is 10.6 Å². The zero-order valence-electron chi connectivity index (χ0n) is 11.4. The molecule has 0 saturated heterocycles. The third-order valence-corrected chi connectivity index (χ3v) is 3.67. The Kier molecular flexibility index (Phi) is 5.21. The number of carbonyl (C=O) groups excluding carboxylic acids is 1. The van der Waals surface area contributed by atoms with Crippen LogP contribution in [0.2, 0.25) is 0 Å². The number of alkyl carbamates (subject to hydrolysis) is 1. The Labute approximate surface area is 114 Å². The molecule has 4 nitrogen and oxygen atoms in total. The molecule has 2 rings (SSSR count). The molecule has 1 fully saturated rings. The molecular formula is C15H22N2O2. The number of carbonyl (C=O) groups is 1. The van der Waals surface area contributed by atoms with Crippen molar-refractivity contribution in [2.45, 2.75) is 44.4 Å². The van der Waals surface area contributed by atoms with Gasteiger partial charge in [0, 0.05) is 12.1 Å². The van der Waals surface area contributed by atoms with E-state index in [0.29, 0.717) is 12.6 Å². The Bertz CT molecular complexity index is 386. The van der Waals surface area contributed by atoms with E-state index in [1.165, 1.54) is 0 Å². The number of nitrogens with one attached hydrogen (secondary N) is 2. The van der Waals surface area contributed by atoms with E-state index in [4.69, 9.17) is 4.74 Å². The van der Waals surface area contributed by atoms with E-state index in [1.54, 1.807) is 0 Å². The highest BCUT2D eigenvalue weighted by atomic mass is 16.5. The van der Waals surface area contributed by atoms with E-state index >= 15 is 0 Å². The van der Waals surface area contributed by atoms with Crippen LogP contribution in [0.5, 0.6) is 0 Å². The fourth-order valence-corrected chi connectivity index (χ4v) is 2.46. The van der Waals surface area contributed by atoms with Gasteiger partial charge in [0.1, 0.15) is 6.61 Å². The highest BCUT2D eigenvalue weighted by Crippen LogP contribution is 2.18. The van der Waals surface area contributed by atoms with Gasteiger partial charge in [-0.2, -0.15) is 0 Å². The SMILES string of the molecule is CN[C@H]1CC[C@@H](NC(=O)OCc2ccccc2)CC1. The van der Waals surface area contributed by atoms with Crippen LogP contribution in [0.15, 0.2) is 30.3 Å². The van der Waals surface area contributed by atoms with Crippen molar-refractivity contribution in [3.63, 3.8) is 0 Å². The Balaban J connectivity index is 1.67. The summed E-state index contributed by atoms with van der Waals surface area (Å²) in [5, 5.41) is 6.23. The minimum absolute atomic E-state index is 0.257. The fourth-order valence-electron chi connectivity index (χ4n) is 2.46. The Hall–Kier alpha value is -1.55. The summed E-state index contributed by atoms with van der Waals surface area (Å²) >= 11 is 0. The normalized spacial score (nSPS) is 22.8. The molecule has 0 unspecified atom stereocenters. The molecule has 1 aromatic rings. The molecule has 0 bridgehead atoms. The first-order valence-electron chi connectivity index (χ1n) is 6.92. The molecule has 0 heterocycles. The molecule has 0 radical (unpaired) electrons. The van der Waals surface area contributed by atoms with Crippen molar-refractivity contribution >= 4 is 6.09 Å². The van der Waals surface area contributed by atoms with E-state index in [0.717, 1.165) is 31.2 Å². The maximum atomic E-state index is 11.7. The molecule has 1 aliphatic rings. The second-order valence-electron chi connectivity index (χ2n) is 5.04. The second-order valence-corrected chi connectivity index (χ2v) is 5.04. The van der Waals surface area contributed by atoms with Gasteiger partial charge in [-0.1, -0.05) is 30.3 Å². The Morgan fingerprint density at radius 2 is 1.79 bits per heavy atom. The monoisotopic (exact) mass is 262 g/mol.